The lowest BCUT2D eigenvalue weighted by molar-refractivity contribution is -0.689. The van der Waals surface area contributed by atoms with Gasteiger partial charge in [0, 0.05) is 17.7 Å². The van der Waals surface area contributed by atoms with Gasteiger partial charge in [-0.2, -0.15) is 0 Å². The summed E-state index contributed by atoms with van der Waals surface area (Å²) in [6, 6.07) is 5.67. The molecule has 4 aromatic carbocycles. The van der Waals surface area contributed by atoms with Gasteiger partial charge in [-0.05, 0) is 5.92 Å². The number of pyridine rings is 1. The highest BCUT2D eigenvalue weighted by molar-refractivity contribution is 7.20. The molecular formula is C39H20BF20NO4. The Hall–Kier alpha value is -6.63. The topological polar surface area (TPSA) is 56.5 Å². The van der Waals surface area contributed by atoms with Gasteiger partial charge < -0.3 is 9.47 Å². The summed E-state index contributed by atoms with van der Waals surface area (Å²) in [7, 11) is 2.50. The average Bonchev–Trinajstić information content (AvgIpc) is 3.28. The number of hydrogen-bond acceptors (Lipinski definition) is 4. The number of hydrogen-bond donors (Lipinski definition) is 0. The van der Waals surface area contributed by atoms with Crippen LogP contribution in [0.25, 0.3) is 0 Å². The van der Waals surface area contributed by atoms with E-state index in [1.165, 1.54) is 14.2 Å². The van der Waals surface area contributed by atoms with Crippen molar-refractivity contribution >= 4 is 39.9 Å². The number of aromatic nitrogens is 1. The second-order valence-corrected chi connectivity index (χ2v) is 13.4. The SMILES string of the molecule is COC(=O)C(C(=O)OC)=C(C[n+]1ccccc1)C(C)C.Fc1c(F)c(F)c([B-](c2c(F)c(F)c(F)c(F)c2F)(c2c(F)c(F)c(F)c(F)c2F)c2c(F)c(F)c(F)c(F)c2F)c(F)c1F. The Bertz CT molecular complexity index is 2390. The molecule has 0 saturated carbocycles. The predicted octanol–water partition coefficient (Wildman–Crippen LogP) is 7.12. The zero-order valence-corrected chi connectivity index (χ0v) is 32.4. The maximum absolute atomic E-state index is 15.4. The molecule has 0 aliphatic rings. The van der Waals surface area contributed by atoms with E-state index in [0.717, 1.165) is 0 Å². The minimum absolute atomic E-state index is 0.0101. The predicted molar refractivity (Wildman–Crippen MR) is 182 cm³/mol. The van der Waals surface area contributed by atoms with Gasteiger partial charge in [0.2, 0.25) is 0 Å². The second kappa shape index (κ2) is 19.2. The number of carbonyl (C=O) groups is 2. The summed E-state index contributed by atoms with van der Waals surface area (Å²) in [6.45, 7) is 4.27. The average molecular weight is 957 g/mol. The number of rotatable bonds is 9. The van der Waals surface area contributed by atoms with E-state index < -0.39 is 156 Å². The molecule has 0 radical (unpaired) electrons. The van der Waals surface area contributed by atoms with Crippen LogP contribution in [-0.2, 0) is 25.6 Å². The first-order valence-corrected chi connectivity index (χ1v) is 17.3. The van der Waals surface area contributed by atoms with Gasteiger partial charge in [0.1, 0.15) is 52.7 Å². The van der Waals surface area contributed by atoms with Crippen molar-refractivity contribution in [2.75, 3.05) is 14.2 Å². The van der Waals surface area contributed by atoms with Crippen LogP contribution in [0.4, 0.5) is 87.8 Å². The number of esters is 2. The highest BCUT2D eigenvalue weighted by Gasteiger charge is 2.52. The van der Waals surface area contributed by atoms with Crippen molar-refractivity contribution in [1.82, 2.24) is 0 Å². The molecule has 0 spiro atoms. The van der Waals surface area contributed by atoms with Gasteiger partial charge in [-0.3, -0.25) is 0 Å². The second-order valence-electron chi connectivity index (χ2n) is 13.4. The zero-order valence-electron chi connectivity index (χ0n) is 32.4. The van der Waals surface area contributed by atoms with E-state index in [4.69, 9.17) is 9.47 Å². The van der Waals surface area contributed by atoms with E-state index in [1.807, 2.05) is 49.0 Å². The first-order chi connectivity index (χ1) is 30.2. The Morgan fingerprint density at radius 1 is 0.415 bits per heavy atom. The molecule has 5 aromatic rings. The number of ether oxygens (including phenoxy) is 2. The monoisotopic (exact) mass is 957 g/mol. The van der Waals surface area contributed by atoms with E-state index >= 15 is 35.1 Å². The smallest absolute Gasteiger partial charge is 0.345 e. The molecule has 65 heavy (non-hydrogen) atoms. The molecule has 0 fully saturated rings. The fourth-order valence-corrected chi connectivity index (χ4v) is 6.71. The van der Waals surface area contributed by atoms with Crippen LogP contribution in [0, 0.1) is 122 Å². The van der Waals surface area contributed by atoms with Crippen molar-refractivity contribution in [3.05, 3.63) is 158 Å². The zero-order chi connectivity index (χ0) is 49.5. The van der Waals surface area contributed by atoms with Crippen LogP contribution >= 0.6 is 0 Å². The highest BCUT2D eigenvalue weighted by Crippen LogP contribution is 2.31. The molecule has 348 valence electrons. The molecule has 5 rings (SSSR count). The first-order valence-electron chi connectivity index (χ1n) is 17.3. The normalized spacial score (nSPS) is 11.4. The number of allylic oxidation sites excluding steroid dienone is 1. The first kappa shape index (κ1) is 51.0. The van der Waals surface area contributed by atoms with E-state index in [1.54, 1.807) is 0 Å². The van der Waals surface area contributed by atoms with Crippen LogP contribution in [0.1, 0.15) is 13.8 Å². The molecular weight excluding hydrogens is 937 g/mol. The van der Waals surface area contributed by atoms with Gasteiger partial charge in [0.25, 0.3) is 0 Å². The Morgan fingerprint density at radius 3 is 0.831 bits per heavy atom. The van der Waals surface area contributed by atoms with E-state index in [2.05, 4.69) is 0 Å². The van der Waals surface area contributed by atoms with Crippen LogP contribution in [0.2, 0.25) is 0 Å². The van der Waals surface area contributed by atoms with Crippen molar-refractivity contribution in [2.24, 2.45) is 5.92 Å². The molecule has 1 heterocycles. The summed E-state index contributed by atoms with van der Waals surface area (Å²) in [5, 5.41) is 0. The largest absolute Gasteiger partial charge is 0.465 e. The Balaban J connectivity index is 0.000000387. The third-order valence-electron chi connectivity index (χ3n) is 9.63. The highest BCUT2D eigenvalue weighted by atomic mass is 19.2. The standard InChI is InChI=1S/C24BF20.C15H20NO4/c26-5-1(6(27)14(35)21(42)13(5)34)25(2-7(28)15(36)22(43)16(37)8(2)29,3-9(30)17(38)23(44)18(39)10(3)31)4-11(32)19(40)24(45)20(41)12(4)33;1-11(2)12(10-16-8-6-5-7-9-16)13(14(17)19-3)15(18)20-4/h;5-9,11H,10H2,1-4H3/q-1;+1. The lowest BCUT2D eigenvalue weighted by Crippen LogP contribution is -2.81. The fraction of sp³-hybridized carbons (Fsp3) is 0.154. The number of methoxy groups -OCH3 is 2. The molecule has 0 aliphatic carbocycles. The van der Waals surface area contributed by atoms with Crippen molar-refractivity contribution in [2.45, 2.75) is 20.4 Å². The molecule has 0 unspecified atom stereocenters. The summed E-state index contributed by atoms with van der Waals surface area (Å²) in [5.41, 5.74) is -13.7. The Kier molecular flexibility index (Phi) is 15.1. The fourth-order valence-electron chi connectivity index (χ4n) is 6.71. The summed E-state index contributed by atoms with van der Waals surface area (Å²) in [6.07, 6.45) is -3.48. The molecule has 0 amide bonds. The summed E-state index contributed by atoms with van der Waals surface area (Å²) in [5.74, 6) is -72.7. The van der Waals surface area contributed by atoms with Crippen molar-refractivity contribution < 1.29 is 111 Å². The van der Waals surface area contributed by atoms with Crippen molar-refractivity contribution in [3.8, 4) is 0 Å². The molecule has 0 atom stereocenters. The summed E-state index contributed by atoms with van der Waals surface area (Å²) < 4.78 is 305. The number of carbonyl (C=O) groups excluding carboxylic acids is 2. The lowest BCUT2D eigenvalue weighted by atomic mass is 9.12. The molecule has 1 aromatic heterocycles. The summed E-state index contributed by atoms with van der Waals surface area (Å²) in [4.78, 5) is 23.7. The van der Waals surface area contributed by atoms with Crippen molar-refractivity contribution in [3.63, 3.8) is 0 Å². The minimum atomic E-state index is -7.22. The Morgan fingerprint density at radius 2 is 0.631 bits per heavy atom. The van der Waals surface area contributed by atoms with Crippen LogP contribution in [0.3, 0.4) is 0 Å². The molecule has 0 saturated heterocycles. The lowest BCUT2D eigenvalue weighted by Gasteiger charge is -2.44. The van der Waals surface area contributed by atoms with Gasteiger partial charge in [-0.25, -0.2) is 102 Å². The molecule has 0 aliphatic heterocycles. The minimum Gasteiger partial charge on any atom is -0.465 e. The third-order valence-corrected chi connectivity index (χ3v) is 9.63. The van der Waals surface area contributed by atoms with Crippen LogP contribution in [0.5, 0.6) is 0 Å². The third kappa shape index (κ3) is 8.32. The van der Waals surface area contributed by atoms with Crippen molar-refractivity contribution in [1.29, 1.82) is 0 Å². The quantitative estimate of drug-likeness (QED) is 0.0182. The van der Waals surface area contributed by atoms with Crippen LogP contribution < -0.4 is 26.4 Å². The van der Waals surface area contributed by atoms with Gasteiger partial charge in [-0.1, -0.05) is 19.9 Å². The number of benzene rings is 4. The van der Waals surface area contributed by atoms with Gasteiger partial charge in [0.05, 0.1) is 14.2 Å². The van der Waals surface area contributed by atoms with Crippen LogP contribution in [0.15, 0.2) is 41.7 Å². The molecule has 0 bridgehead atoms. The maximum Gasteiger partial charge on any atom is 0.345 e. The van der Waals surface area contributed by atoms with Gasteiger partial charge in [0.15, 0.2) is 94.3 Å². The van der Waals surface area contributed by atoms with Gasteiger partial charge >= 0.3 is 11.9 Å². The molecule has 0 N–H and O–H groups in total. The maximum atomic E-state index is 15.4. The number of nitrogens with zero attached hydrogens (tertiary/aromatic N) is 1. The van der Waals surface area contributed by atoms with E-state index in [9.17, 15) is 62.3 Å². The van der Waals surface area contributed by atoms with Crippen LogP contribution in [-0.4, -0.2) is 32.3 Å². The number of halogens is 20. The van der Waals surface area contributed by atoms with E-state index in [0.29, 0.717) is 12.1 Å². The summed E-state index contributed by atoms with van der Waals surface area (Å²) >= 11 is 0. The van der Waals surface area contributed by atoms with E-state index in [-0.39, 0.29) is 11.5 Å². The molecule has 5 nitrogen and oxygen atoms in total. The van der Waals surface area contributed by atoms with Gasteiger partial charge in [-0.15, -0.1) is 21.9 Å². The Labute approximate surface area is 350 Å². The molecule has 26 heteroatoms.